The molecule has 0 fully saturated rings. The van der Waals surface area contributed by atoms with Crippen LogP contribution in [-0.4, -0.2) is 30.7 Å². The van der Waals surface area contributed by atoms with Gasteiger partial charge in [-0.2, -0.15) is 4.31 Å². The van der Waals surface area contributed by atoms with Gasteiger partial charge in [-0.1, -0.05) is 13.8 Å². The normalized spacial score (nSPS) is 11.5. The Balaban J connectivity index is 2.16. The van der Waals surface area contributed by atoms with E-state index in [4.69, 9.17) is 4.74 Å². The summed E-state index contributed by atoms with van der Waals surface area (Å²) in [6, 6.07) is 11.7. The smallest absolute Gasteiger partial charge is 0.269 e. The molecule has 128 valence electrons. The molecule has 0 N–H and O–H groups in total. The van der Waals surface area contributed by atoms with Gasteiger partial charge in [0.1, 0.15) is 11.5 Å². The maximum absolute atomic E-state index is 12.4. The summed E-state index contributed by atoms with van der Waals surface area (Å²) in [7, 11) is -3.50. The van der Waals surface area contributed by atoms with E-state index in [0.717, 1.165) is 0 Å². The van der Waals surface area contributed by atoms with Gasteiger partial charge in [-0.25, -0.2) is 8.42 Å². The van der Waals surface area contributed by atoms with Crippen LogP contribution >= 0.6 is 0 Å². The molecule has 2 rings (SSSR count). The van der Waals surface area contributed by atoms with Crippen molar-refractivity contribution >= 4 is 15.7 Å². The molecule has 0 aliphatic heterocycles. The van der Waals surface area contributed by atoms with Gasteiger partial charge in [0.05, 0.1) is 9.82 Å². The standard InChI is InChI=1S/C16H18N2O5S/c1-3-17(4-2)24(21,22)16-11-9-15(10-12-16)23-14-7-5-13(6-8-14)18(19)20/h5-12H,3-4H2,1-2H3. The van der Waals surface area contributed by atoms with Crippen LogP contribution in [0.15, 0.2) is 53.4 Å². The van der Waals surface area contributed by atoms with Crippen molar-refractivity contribution < 1.29 is 18.1 Å². The number of hydrogen-bond acceptors (Lipinski definition) is 5. The molecule has 0 bridgehead atoms. The van der Waals surface area contributed by atoms with E-state index >= 15 is 0 Å². The van der Waals surface area contributed by atoms with E-state index in [2.05, 4.69) is 0 Å². The molecule has 0 amide bonds. The summed E-state index contributed by atoms with van der Waals surface area (Å²) in [6.45, 7) is 4.38. The third kappa shape index (κ3) is 3.90. The average molecular weight is 350 g/mol. The van der Waals surface area contributed by atoms with Gasteiger partial charge in [0, 0.05) is 25.2 Å². The van der Waals surface area contributed by atoms with Crippen molar-refractivity contribution in [3.05, 3.63) is 58.6 Å². The van der Waals surface area contributed by atoms with Crippen LogP contribution in [0.5, 0.6) is 11.5 Å². The molecule has 2 aromatic carbocycles. The number of benzene rings is 2. The highest BCUT2D eigenvalue weighted by Crippen LogP contribution is 2.25. The fourth-order valence-corrected chi connectivity index (χ4v) is 3.62. The number of rotatable bonds is 7. The zero-order valence-electron chi connectivity index (χ0n) is 13.4. The Morgan fingerprint density at radius 1 is 0.958 bits per heavy atom. The Kier molecular flexibility index (Phi) is 5.53. The summed E-state index contributed by atoms with van der Waals surface area (Å²) in [5, 5.41) is 10.6. The average Bonchev–Trinajstić information content (AvgIpc) is 2.56. The van der Waals surface area contributed by atoms with E-state index in [1.807, 2.05) is 0 Å². The van der Waals surface area contributed by atoms with E-state index in [0.29, 0.717) is 24.6 Å². The molecule has 0 aliphatic carbocycles. The Bertz CT molecular complexity index is 797. The molecule has 0 heterocycles. The number of non-ortho nitro benzene ring substituents is 1. The zero-order valence-corrected chi connectivity index (χ0v) is 14.2. The molecule has 0 aliphatic rings. The first-order valence-electron chi connectivity index (χ1n) is 7.41. The number of hydrogen-bond donors (Lipinski definition) is 0. The fourth-order valence-electron chi connectivity index (χ4n) is 2.16. The van der Waals surface area contributed by atoms with Crippen LogP contribution in [-0.2, 0) is 10.0 Å². The van der Waals surface area contributed by atoms with Crippen LogP contribution in [0.1, 0.15) is 13.8 Å². The summed E-state index contributed by atoms with van der Waals surface area (Å²) < 4.78 is 31.7. The third-order valence-electron chi connectivity index (χ3n) is 3.45. The number of sulfonamides is 1. The van der Waals surface area contributed by atoms with Crippen molar-refractivity contribution in [2.24, 2.45) is 0 Å². The maximum Gasteiger partial charge on any atom is 0.269 e. The lowest BCUT2D eigenvalue weighted by Crippen LogP contribution is -2.30. The molecule has 2 aromatic rings. The minimum atomic E-state index is -3.50. The summed E-state index contributed by atoms with van der Waals surface area (Å²) in [5.74, 6) is 0.877. The number of nitrogens with zero attached hydrogens (tertiary/aromatic N) is 2. The monoisotopic (exact) mass is 350 g/mol. The largest absolute Gasteiger partial charge is 0.457 e. The molecule has 0 saturated heterocycles. The van der Waals surface area contributed by atoms with Crippen LogP contribution in [0.25, 0.3) is 0 Å². The lowest BCUT2D eigenvalue weighted by atomic mass is 10.3. The minimum Gasteiger partial charge on any atom is -0.457 e. The minimum absolute atomic E-state index is 0.0250. The second-order valence-corrected chi connectivity index (χ2v) is 6.85. The molecule has 0 aromatic heterocycles. The molecule has 0 atom stereocenters. The second kappa shape index (κ2) is 7.41. The Labute approximate surface area is 140 Å². The summed E-state index contributed by atoms with van der Waals surface area (Å²) >= 11 is 0. The predicted molar refractivity (Wildman–Crippen MR) is 89.7 cm³/mol. The molecule has 8 heteroatoms. The molecule has 24 heavy (non-hydrogen) atoms. The van der Waals surface area contributed by atoms with Gasteiger partial charge in [-0.05, 0) is 36.4 Å². The van der Waals surface area contributed by atoms with Crippen molar-refractivity contribution in [1.82, 2.24) is 4.31 Å². The van der Waals surface area contributed by atoms with Crippen molar-refractivity contribution in [3.8, 4) is 11.5 Å². The topological polar surface area (TPSA) is 89.8 Å². The first-order valence-corrected chi connectivity index (χ1v) is 8.85. The van der Waals surface area contributed by atoms with Crippen molar-refractivity contribution in [3.63, 3.8) is 0 Å². The fraction of sp³-hybridized carbons (Fsp3) is 0.250. The van der Waals surface area contributed by atoms with Gasteiger partial charge < -0.3 is 4.74 Å². The van der Waals surface area contributed by atoms with Crippen LogP contribution in [0.3, 0.4) is 0 Å². The van der Waals surface area contributed by atoms with Crippen molar-refractivity contribution in [2.45, 2.75) is 18.7 Å². The molecular formula is C16H18N2O5S. The third-order valence-corrected chi connectivity index (χ3v) is 5.51. The van der Waals surface area contributed by atoms with Gasteiger partial charge >= 0.3 is 0 Å². The molecule has 0 spiro atoms. The lowest BCUT2D eigenvalue weighted by molar-refractivity contribution is -0.384. The first kappa shape index (κ1) is 17.9. The lowest BCUT2D eigenvalue weighted by Gasteiger charge is -2.18. The van der Waals surface area contributed by atoms with Gasteiger partial charge in [0.25, 0.3) is 5.69 Å². The summed E-state index contributed by atoms with van der Waals surface area (Å²) in [4.78, 5) is 10.3. The van der Waals surface area contributed by atoms with E-state index in [1.165, 1.54) is 40.7 Å². The number of ether oxygens (including phenoxy) is 1. The van der Waals surface area contributed by atoms with Crippen LogP contribution in [0, 0.1) is 10.1 Å². The van der Waals surface area contributed by atoms with E-state index < -0.39 is 14.9 Å². The highest BCUT2D eigenvalue weighted by molar-refractivity contribution is 7.89. The van der Waals surface area contributed by atoms with Crippen LogP contribution in [0.4, 0.5) is 5.69 Å². The van der Waals surface area contributed by atoms with Crippen molar-refractivity contribution in [1.29, 1.82) is 0 Å². The predicted octanol–water partition coefficient (Wildman–Crippen LogP) is 3.42. The summed E-state index contributed by atoms with van der Waals surface area (Å²) in [6.07, 6.45) is 0. The molecule has 0 saturated carbocycles. The van der Waals surface area contributed by atoms with Gasteiger partial charge in [0.15, 0.2) is 0 Å². The second-order valence-electron chi connectivity index (χ2n) is 4.91. The molecule has 7 nitrogen and oxygen atoms in total. The summed E-state index contributed by atoms with van der Waals surface area (Å²) in [5.41, 5.74) is -0.0250. The quantitative estimate of drug-likeness (QED) is 0.564. The van der Waals surface area contributed by atoms with Crippen LogP contribution in [0.2, 0.25) is 0 Å². The number of nitro groups is 1. The number of nitro benzene ring substituents is 1. The van der Waals surface area contributed by atoms with E-state index in [-0.39, 0.29) is 10.6 Å². The first-order chi connectivity index (χ1) is 11.4. The Hall–Kier alpha value is -2.45. The highest BCUT2D eigenvalue weighted by atomic mass is 32.2. The molecule has 0 unspecified atom stereocenters. The SMILES string of the molecule is CCN(CC)S(=O)(=O)c1ccc(Oc2ccc([N+](=O)[O-])cc2)cc1. The van der Waals surface area contributed by atoms with E-state index in [1.54, 1.807) is 26.0 Å². The highest BCUT2D eigenvalue weighted by Gasteiger charge is 2.21. The van der Waals surface area contributed by atoms with Gasteiger partial charge in [-0.3, -0.25) is 10.1 Å². The van der Waals surface area contributed by atoms with Gasteiger partial charge in [0.2, 0.25) is 10.0 Å². The molecular weight excluding hydrogens is 332 g/mol. The zero-order chi connectivity index (χ0) is 17.7. The Morgan fingerprint density at radius 3 is 1.83 bits per heavy atom. The van der Waals surface area contributed by atoms with Crippen LogP contribution < -0.4 is 4.74 Å². The molecule has 0 radical (unpaired) electrons. The van der Waals surface area contributed by atoms with Crippen molar-refractivity contribution in [2.75, 3.05) is 13.1 Å². The van der Waals surface area contributed by atoms with E-state index in [9.17, 15) is 18.5 Å². The maximum atomic E-state index is 12.4. The van der Waals surface area contributed by atoms with Gasteiger partial charge in [-0.15, -0.1) is 0 Å². The Morgan fingerprint density at radius 2 is 1.42 bits per heavy atom.